The molecule has 0 radical (unpaired) electrons. The summed E-state index contributed by atoms with van der Waals surface area (Å²) in [5, 5.41) is 12.7. The zero-order valence-corrected chi connectivity index (χ0v) is 16.3. The highest BCUT2D eigenvalue weighted by atomic mass is 16.5. The Morgan fingerprint density at radius 3 is 2.41 bits per heavy atom. The van der Waals surface area contributed by atoms with Crippen molar-refractivity contribution in [3.8, 4) is 5.75 Å². The van der Waals surface area contributed by atoms with Gasteiger partial charge in [0.15, 0.2) is 12.1 Å². The van der Waals surface area contributed by atoms with Crippen LogP contribution in [0.2, 0.25) is 0 Å². The molecular weight excluding hydrogens is 374 g/mol. The first-order chi connectivity index (χ1) is 13.8. The summed E-state index contributed by atoms with van der Waals surface area (Å²) in [7, 11) is 0. The van der Waals surface area contributed by atoms with E-state index in [4.69, 9.17) is 9.15 Å². The zero-order chi connectivity index (χ0) is 21.1. The minimum absolute atomic E-state index is 0.332. The van der Waals surface area contributed by atoms with Crippen LogP contribution in [-0.2, 0) is 9.59 Å². The van der Waals surface area contributed by atoms with Gasteiger partial charge in [-0.3, -0.25) is 4.79 Å². The van der Waals surface area contributed by atoms with Crippen molar-refractivity contribution in [2.24, 2.45) is 0 Å². The number of fused-ring (bicyclic) bond motifs is 1. The van der Waals surface area contributed by atoms with Crippen molar-refractivity contribution in [3.63, 3.8) is 0 Å². The summed E-state index contributed by atoms with van der Waals surface area (Å²) in [4.78, 5) is 35.9. The molecule has 150 valence electrons. The van der Waals surface area contributed by atoms with E-state index >= 15 is 0 Å². The van der Waals surface area contributed by atoms with Gasteiger partial charge in [-0.15, -0.1) is 0 Å². The number of aryl methyl sites for hydroxylation is 1. The molecule has 0 aliphatic carbocycles. The number of carboxylic acids is 1. The summed E-state index contributed by atoms with van der Waals surface area (Å²) in [6.45, 7) is 5.05. The van der Waals surface area contributed by atoms with Gasteiger partial charge in [0.1, 0.15) is 11.3 Å². The number of amides is 1. The molecule has 29 heavy (non-hydrogen) atoms. The monoisotopic (exact) mass is 395 g/mol. The second-order valence-corrected chi connectivity index (χ2v) is 6.75. The first kappa shape index (κ1) is 20.1. The number of aliphatic carboxylic acids is 1. The lowest BCUT2D eigenvalue weighted by molar-refractivity contribution is -0.143. The van der Waals surface area contributed by atoms with Crippen molar-refractivity contribution in [2.45, 2.75) is 32.9 Å². The molecule has 2 N–H and O–H groups in total. The highest BCUT2D eigenvalue weighted by molar-refractivity contribution is 5.87. The smallest absolute Gasteiger partial charge is 0.339 e. The third-order valence-corrected chi connectivity index (χ3v) is 4.78. The molecule has 7 heteroatoms. The highest BCUT2D eigenvalue weighted by Crippen LogP contribution is 2.24. The Morgan fingerprint density at radius 1 is 1.07 bits per heavy atom. The Labute approximate surface area is 166 Å². The van der Waals surface area contributed by atoms with Crippen molar-refractivity contribution in [2.75, 3.05) is 0 Å². The van der Waals surface area contributed by atoms with Gasteiger partial charge in [-0.1, -0.05) is 30.3 Å². The van der Waals surface area contributed by atoms with Crippen molar-refractivity contribution >= 4 is 22.8 Å². The van der Waals surface area contributed by atoms with E-state index in [0.717, 1.165) is 10.9 Å². The molecule has 0 saturated carbocycles. The van der Waals surface area contributed by atoms with Gasteiger partial charge in [-0.2, -0.15) is 0 Å². The van der Waals surface area contributed by atoms with Crippen LogP contribution in [0.4, 0.5) is 0 Å². The summed E-state index contributed by atoms with van der Waals surface area (Å²) >= 11 is 0. The van der Waals surface area contributed by atoms with Crippen LogP contribution in [0, 0.1) is 13.8 Å². The molecule has 0 spiro atoms. The summed E-state index contributed by atoms with van der Waals surface area (Å²) in [5.41, 5.74) is 1.75. The van der Waals surface area contributed by atoms with E-state index < -0.39 is 29.6 Å². The molecule has 0 aliphatic heterocycles. The Hall–Kier alpha value is -3.61. The SMILES string of the molecule is Cc1c(C)c2ccc(OC(C)C(=O)NC(C(=O)O)c3ccccc3)cc2oc1=O. The molecule has 0 fully saturated rings. The lowest BCUT2D eigenvalue weighted by Gasteiger charge is -2.19. The van der Waals surface area contributed by atoms with Crippen LogP contribution in [0.3, 0.4) is 0 Å². The summed E-state index contributed by atoms with van der Waals surface area (Å²) in [6.07, 6.45) is -0.962. The normalized spacial score (nSPS) is 12.9. The maximum atomic E-state index is 12.5. The molecular formula is C22H21NO6. The Balaban J connectivity index is 1.77. The Bertz CT molecular complexity index is 1120. The zero-order valence-electron chi connectivity index (χ0n) is 16.3. The summed E-state index contributed by atoms with van der Waals surface area (Å²) in [6, 6.07) is 12.2. The van der Waals surface area contributed by atoms with Gasteiger partial charge in [0.25, 0.3) is 5.91 Å². The average molecular weight is 395 g/mol. The van der Waals surface area contributed by atoms with Crippen LogP contribution in [0.1, 0.15) is 29.7 Å². The van der Waals surface area contributed by atoms with Gasteiger partial charge in [0.2, 0.25) is 0 Å². The predicted molar refractivity (Wildman–Crippen MR) is 107 cm³/mol. The molecule has 2 atom stereocenters. The van der Waals surface area contributed by atoms with Crippen LogP contribution in [0.25, 0.3) is 11.0 Å². The van der Waals surface area contributed by atoms with E-state index in [-0.39, 0.29) is 0 Å². The number of carboxylic acid groups (broad SMARTS) is 1. The molecule has 1 heterocycles. The number of hydrogen-bond donors (Lipinski definition) is 2. The van der Waals surface area contributed by atoms with Crippen molar-refractivity contribution < 1.29 is 23.8 Å². The molecule has 7 nitrogen and oxygen atoms in total. The van der Waals surface area contributed by atoms with Gasteiger partial charge in [0, 0.05) is 17.0 Å². The first-order valence-electron chi connectivity index (χ1n) is 9.06. The molecule has 3 rings (SSSR count). The number of carbonyl (C=O) groups excluding carboxylic acids is 1. The van der Waals surface area contributed by atoms with Crippen molar-refractivity contribution in [1.29, 1.82) is 0 Å². The van der Waals surface area contributed by atoms with E-state index in [2.05, 4.69) is 5.32 Å². The van der Waals surface area contributed by atoms with Crippen LogP contribution in [-0.4, -0.2) is 23.1 Å². The maximum Gasteiger partial charge on any atom is 0.339 e. The number of benzene rings is 2. The molecule has 3 aromatic rings. The number of hydrogen-bond acceptors (Lipinski definition) is 5. The van der Waals surface area contributed by atoms with Gasteiger partial charge >= 0.3 is 11.6 Å². The summed E-state index contributed by atoms with van der Waals surface area (Å²) < 4.78 is 10.9. The molecule has 2 unspecified atom stereocenters. The van der Waals surface area contributed by atoms with Gasteiger partial charge in [-0.05, 0) is 44.0 Å². The number of nitrogens with one attached hydrogen (secondary N) is 1. The Kier molecular flexibility index (Phi) is 5.68. The first-order valence-corrected chi connectivity index (χ1v) is 9.06. The predicted octanol–water partition coefficient (Wildman–Crippen LogP) is 3.12. The van der Waals surface area contributed by atoms with Crippen molar-refractivity contribution in [3.05, 3.63) is 75.6 Å². The largest absolute Gasteiger partial charge is 0.481 e. The van der Waals surface area contributed by atoms with E-state index in [9.17, 15) is 19.5 Å². The second-order valence-electron chi connectivity index (χ2n) is 6.75. The second kappa shape index (κ2) is 8.18. The minimum atomic E-state index is -1.19. The van der Waals surface area contributed by atoms with Gasteiger partial charge in [0.05, 0.1) is 0 Å². The summed E-state index contributed by atoms with van der Waals surface area (Å²) in [5.74, 6) is -1.42. The fourth-order valence-electron chi connectivity index (χ4n) is 2.95. The average Bonchev–Trinajstić information content (AvgIpc) is 2.70. The Morgan fingerprint density at radius 2 is 1.76 bits per heavy atom. The molecule has 0 saturated heterocycles. The lowest BCUT2D eigenvalue weighted by atomic mass is 10.1. The molecule has 0 bridgehead atoms. The van der Waals surface area contributed by atoms with Crippen LogP contribution in [0.15, 0.2) is 57.7 Å². The van der Waals surface area contributed by atoms with E-state index in [1.54, 1.807) is 55.5 Å². The van der Waals surface area contributed by atoms with Crippen LogP contribution >= 0.6 is 0 Å². The molecule has 1 aromatic heterocycles. The number of rotatable bonds is 6. The van der Waals surface area contributed by atoms with E-state index in [1.165, 1.54) is 6.92 Å². The molecule has 2 aromatic carbocycles. The molecule has 1 amide bonds. The highest BCUT2D eigenvalue weighted by Gasteiger charge is 2.25. The van der Waals surface area contributed by atoms with Crippen LogP contribution in [0.5, 0.6) is 5.75 Å². The topological polar surface area (TPSA) is 106 Å². The quantitative estimate of drug-likeness (QED) is 0.621. The van der Waals surface area contributed by atoms with E-state index in [0.29, 0.717) is 22.5 Å². The minimum Gasteiger partial charge on any atom is -0.481 e. The van der Waals surface area contributed by atoms with Gasteiger partial charge in [-0.25, -0.2) is 9.59 Å². The standard InChI is InChI=1S/C22H21NO6/c1-12-13(2)22(27)29-18-11-16(9-10-17(12)18)28-14(3)20(24)23-19(21(25)26)15-7-5-4-6-8-15/h4-11,14,19H,1-3H3,(H,23,24)(H,25,26). The fourth-order valence-corrected chi connectivity index (χ4v) is 2.95. The lowest BCUT2D eigenvalue weighted by Crippen LogP contribution is -2.41. The van der Waals surface area contributed by atoms with Gasteiger partial charge < -0.3 is 19.6 Å². The van der Waals surface area contributed by atoms with E-state index in [1.807, 2.05) is 6.92 Å². The number of ether oxygens (including phenoxy) is 1. The molecule has 0 aliphatic rings. The van der Waals surface area contributed by atoms with Crippen LogP contribution < -0.4 is 15.7 Å². The third kappa shape index (κ3) is 4.29. The third-order valence-electron chi connectivity index (χ3n) is 4.78. The maximum absolute atomic E-state index is 12.5. The number of carbonyl (C=O) groups is 2. The van der Waals surface area contributed by atoms with Crippen molar-refractivity contribution in [1.82, 2.24) is 5.32 Å². The fraction of sp³-hybridized carbons (Fsp3) is 0.227.